The van der Waals surface area contributed by atoms with E-state index in [9.17, 15) is 0 Å². The van der Waals surface area contributed by atoms with Crippen LogP contribution in [0.1, 0.15) is 19.4 Å². The van der Waals surface area contributed by atoms with E-state index in [1.165, 1.54) is 0 Å². The second-order valence-electron chi connectivity index (χ2n) is 3.10. The molecule has 0 saturated carbocycles. The Morgan fingerprint density at radius 3 is 2.27 bits per heavy atom. The van der Waals surface area contributed by atoms with Gasteiger partial charge in [0.15, 0.2) is 5.75 Å². The van der Waals surface area contributed by atoms with Gasteiger partial charge in [0.2, 0.25) is 0 Å². The summed E-state index contributed by atoms with van der Waals surface area (Å²) in [6, 6.07) is 3.75. The SMILES string of the molecule is CCNCc1cc(Cl)c(OCC)c(Cl)c1. The first-order valence-electron chi connectivity index (χ1n) is 5.00. The summed E-state index contributed by atoms with van der Waals surface area (Å²) < 4.78 is 5.34. The number of hydrogen-bond donors (Lipinski definition) is 1. The number of halogens is 2. The summed E-state index contributed by atoms with van der Waals surface area (Å²) in [6.45, 7) is 6.20. The molecule has 1 aromatic rings. The van der Waals surface area contributed by atoms with E-state index in [-0.39, 0.29) is 0 Å². The van der Waals surface area contributed by atoms with E-state index in [0.717, 1.165) is 18.7 Å². The minimum Gasteiger partial charge on any atom is -0.491 e. The van der Waals surface area contributed by atoms with E-state index >= 15 is 0 Å². The normalized spacial score (nSPS) is 10.4. The van der Waals surface area contributed by atoms with Gasteiger partial charge in [0, 0.05) is 6.54 Å². The van der Waals surface area contributed by atoms with Gasteiger partial charge in [0.05, 0.1) is 16.7 Å². The van der Waals surface area contributed by atoms with Crippen molar-refractivity contribution < 1.29 is 4.74 Å². The van der Waals surface area contributed by atoms with Crippen molar-refractivity contribution in [1.82, 2.24) is 5.32 Å². The van der Waals surface area contributed by atoms with Crippen LogP contribution in [0.2, 0.25) is 10.0 Å². The topological polar surface area (TPSA) is 21.3 Å². The van der Waals surface area contributed by atoms with Crippen molar-refractivity contribution in [2.75, 3.05) is 13.2 Å². The van der Waals surface area contributed by atoms with Crippen LogP contribution < -0.4 is 10.1 Å². The zero-order valence-corrected chi connectivity index (χ0v) is 10.5. The van der Waals surface area contributed by atoms with Crippen LogP contribution in [0.4, 0.5) is 0 Å². The molecule has 1 rings (SSSR count). The smallest absolute Gasteiger partial charge is 0.156 e. The van der Waals surface area contributed by atoms with Crippen molar-refractivity contribution in [3.05, 3.63) is 27.7 Å². The molecule has 0 bridgehead atoms. The van der Waals surface area contributed by atoms with Crippen molar-refractivity contribution in [2.24, 2.45) is 0 Å². The molecule has 0 fully saturated rings. The fraction of sp³-hybridized carbons (Fsp3) is 0.455. The molecule has 0 unspecified atom stereocenters. The fourth-order valence-corrected chi connectivity index (χ4v) is 1.91. The Morgan fingerprint density at radius 2 is 1.80 bits per heavy atom. The summed E-state index contributed by atoms with van der Waals surface area (Å²) in [6.07, 6.45) is 0. The first-order chi connectivity index (χ1) is 7.19. The molecule has 0 radical (unpaired) electrons. The Labute approximate surface area is 101 Å². The number of nitrogens with one attached hydrogen (secondary N) is 1. The minimum absolute atomic E-state index is 0.562. The summed E-state index contributed by atoms with van der Waals surface area (Å²) in [4.78, 5) is 0. The average Bonchev–Trinajstić information content (AvgIpc) is 2.20. The lowest BCUT2D eigenvalue weighted by atomic mass is 10.2. The largest absolute Gasteiger partial charge is 0.491 e. The van der Waals surface area contributed by atoms with Gasteiger partial charge in [-0.2, -0.15) is 0 Å². The van der Waals surface area contributed by atoms with Crippen molar-refractivity contribution in [3.63, 3.8) is 0 Å². The van der Waals surface area contributed by atoms with Crippen molar-refractivity contribution in [2.45, 2.75) is 20.4 Å². The second-order valence-corrected chi connectivity index (χ2v) is 3.92. The van der Waals surface area contributed by atoms with Gasteiger partial charge >= 0.3 is 0 Å². The maximum Gasteiger partial charge on any atom is 0.156 e. The van der Waals surface area contributed by atoms with E-state index < -0.39 is 0 Å². The van der Waals surface area contributed by atoms with Crippen LogP contribution in [0.3, 0.4) is 0 Å². The van der Waals surface area contributed by atoms with E-state index in [1.54, 1.807) is 0 Å². The molecule has 2 nitrogen and oxygen atoms in total. The second kappa shape index (κ2) is 6.21. The summed E-state index contributed by atoms with van der Waals surface area (Å²) in [5, 5.41) is 4.35. The van der Waals surface area contributed by atoms with Crippen LogP contribution in [0, 0.1) is 0 Å². The molecule has 84 valence electrons. The Balaban J connectivity index is 2.87. The number of benzene rings is 1. The molecule has 0 aliphatic carbocycles. The summed E-state index contributed by atoms with van der Waals surface area (Å²) >= 11 is 12.1. The van der Waals surface area contributed by atoms with Gasteiger partial charge in [-0.05, 0) is 31.2 Å². The Morgan fingerprint density at radius 1 is 1.20 bits per heavy atom. The molecular formula is C11H15Cl2NO. The van der Waals surface area contributed by atoms with E-state index in [2.05, 4.69) is 12.2 Å². The molecule has 15 heavy (non-hydrogen) atoms. The van der Waals surface area contributed by atoms with Gasteiger partial charge in [-0.15, -0.1) is 0 Å². The first-order valence-corrected chi connectivity index (χ1v) is 5.76. The molecule has 0 saturated heterocycles. The predicted molar refractivity (Wildman–Crippen MR) is 65.0 cm³/mol. The lowest BCUT2D eigenvalue weighted by Gasteiger charge is -2.10. The van der Waals surface area contributed by atoms with Gasteiger partial charge in [-0.3, -0.25) is 0 Å². The highest BCUT2D eigenvalue weighted by Gasteiger charge is 2.08. The molecule has 0 aliphatic heterocycles. The lowest BCUT2D eigenvalue weighted by Crippen LogP contribution is -2.11. The Bertz CT molecular complexity index is 305. The maximum absolute atomic E-state index is 6.06. The summed E-state index contributed by atoms with van der Waals surface area (Å²) in [7, 11) is 0. The third-order valence-corrected chi connectivity index (χ3v) is 2.49. The molecule has 4 heteroatoms. The van der Waals surface area contributed by atoms with Gasteiger partial charge in [0.1, 0.15) is 0 Å². The maximum atomic E-state index is 6.06. The molecule has 0 atom stereocenters. The van der Waals surface area contributed by atoms with Crippen molar-refractivity contribution in [3.8, 4) is 5.75 Å². The summed E-state index contributed by atoms with van der Waals surface area (Å²) in [5.74, 6) is 0.570. The third-order valence-electron chi connectivity index (χ3n) is 1.93. The zero-order chi connectivity index (χ0) is 11.3. The van der Waals surface area contributed by atoms with Crippen LogP contribution in [-0.2, 0) is 6.54 Å². The molecule has 0 aromatic heterocycles. The van der Waals surface area contributed by atoms with Crippen LogP contribution in [-0.4, -0.2) is 13.2 Å². The Kier molecular flexibility index (Phi) is 5.23. The molecule has 0 spiro atoms. The highest BCUT2D eigenvalue weighted by molar-refractivity contribution is 6.37. The Hall–Kier alpha value is -0.440. The van der Waals surface area contributed by atoms with Gasteiger partial charge in [-0.25, -0.2) is 0 Å². The van der Waals surface area contributed by atoms with Gasteiger partial charge in [0.25, 0.3) is 0 Å². The summed E-state index contributed by atoms with van der Waals surface area (Å²) in [5.41, 5.74) is 1.07. The fourth-order valence-electron chi connectivity index (χ4n) is 1.27. The van der Waals surface area contributed by atoms with E-state index in [4.69, 9.17) is 27.9 Å². The van der Waals surface area contributed by atoms with Gasteiger partial charge in [-0.1, -0.05) is 30.1 Å². The first kappa shape index (κ1) is 12.6. The third kappa shape index (κ3) is 3.56. The minimum atomic E-state index is 0.562. The van der Waals surface area contributed by atoms with Crippen molar-refractivity contribution >= 4 is 23.2 Å². The van der Waals surface area contributed by atoms with Crippen molar-refractivity contribution in [1.29, 1.82) is 0 Å². The number of hydrogen-bond acceptors (Lipinski definition) is 2. The zero-order valence-electron chi connectivity index (χ0n) is 8.94. The monoisotopic (exact) mass is 247 g/mol. The standard InChI is InChI=1S/C11H15Cl2NO/c1-3-14-7-8-5-9(12)11(15-4-2)10(13)6-8/h5-6,14H,3-4,7H2,1-2H3. The van der Waals surface area contributed by atoms with Crippen LogP contribution in [0.5, 0.6) is 5.75 Å². The molecule has 0 aliphatic rings. The molecular weight excluding hydrogens is 233 g/mol. The van der Waals surface area contributed by atoms with Crippen LogP contribution in [0.15, 0.2) is 12.1 Å². The number of ether oxygens (including phenoxy) is 1. The predicted octanol–water partition coefficient (Wildman–Crippen LogP) is 3.50. The number of rotatable bonds is 5. The molecule has 0 heterocycles. The lowest BCUT2D eigenvalue weighted by molar-refractivity contribution is 0.340. The highest BCUT2D eigenvalue weighted by atomic mass is 35.5. The quantitative estimate of drug-likeness (QED) is 0.861. The molecule has 1 N–H and O–H groups in total. The van der Waals surface area contributed by atoms with E-state index in [1.807, 2.05) is 19.1 Å². The van der Waals surface area contributed by atoms with Gasteiger partial charge < -0.3 is 10.1 Å². The van der Waals surface area contributed by atoms with Crippen LogP contribution >= 0.6 is 23.2 Å². The molecule has 0 amide bonds. The molecule has 1 aromatic carbocycles. The highest BCUT2D eigenvalue weighted by Crippen LogP contribution is 2.34. The van der Waals surface area contributed by atoms with Crippen LogP contribution in [0.25, 0.3) is 0 Å². The van der Waals surface area contributed by atoms with E-state index in [0.29, 0.717) is 22.4 Å². The average molecular weight is 248 g/mol.